The van der Waals surface area contributed by atoms with Crippen molar-refractivity contribution in [3.63, 3.8) is 0 Å². The molecule has 314 valence electrons. The average Bonchev–Trinajstić information content (AvgIpc) is 3.94. The molecule has 11 aromatic carbocycles. The molecule has 1 heterocycles. The zero-order valence-corrected chi connectivity index (χ0v) is 36.7. The topological polar surface area (TPSA) is 16.4 Å². The number of benzene rings is 11. The van der Waals surface area contributed by atoms with Crippen LogP contribution in [0.5, 0.6) is 0 Å². The maximum absolute atomic E-state index is 6.77. The molecule has 1 aromatic heterocycles. The lowest BCUT2D eigenvalue weighted by molar-refractivity contribution is 0.673. The molecule has 0 saturated heterocycles. The molecule has 0 N–H and O–H groups in total. The minimum atomic E-state index is -0.532. The maximum atomic E-state index is 6.77. The molecule has 0 unspecified atom stereocenters. The molecule has 0 radical (unpaired) electrons. The Bertz CT molecular complexity index is 3740. The standard InChI is InChI=1S/C65H43NO/c1-5-19-44(20-6-1)45-35-37-50(38-36-45)66(52-39-40-56-55-30-15-16-33-60(55)65(61(56)42-52,48-24-9-3-10-25-48)49-26-11-4-12-27-49)51-28-17-23-47(41-51)58-43-59-63-53(46-21-7-2-8-22-46)32-18-34-62(63)67-64(59)57-31-14-13-29-54(57)58/h1-43H. The molecule has 0 amide bonds. The van der Waals surface area contributed by atoms with Gasteiger partial charge < -0.3 is 9.32 Å². The van der Waals surface area contributed by atoms with E-state index in [1.165, 1.54) is 50.1 Å². The number of furan rings is 1. The van der Waals surface area contributed by atoms with Crippen LogP contribution >= 0.6 is 0 Å². The van der Waals surface area contributed by atoms with E-state index in [9.17, 15) is 0 Å². The first-order chi connectivity index (χ1) is 33.2. The summed E-state index contributed by atoms with van der Waals surface area (Å²) in [5.74, 6) is 0. The predicted molar refractivity (Wildman–Crippen MR) is 280 cm³/mol. The molecule has 0 atom stereocenters. The SMILES string of the molecule is c1ccc(-c2ccc(N(c3cccc(-c4cc5c(oc6cccc(-c7ccccc7)c65)c5ccccc45)c3)c3ccc4c(c3)C(c3ccccc3)(c3ccccc3)c3ccccc3-4)cc2)cc1. The number of anilines is 3. The summed E-state index contributed by atoms with van der Waals surface area (Å²) >= 11 is 0. The normalized spacial score (nSPS) is 12.6. The monoisotopic (exact) mass is 853 g/mol. The molecule has 12 aromatic rings. The second kappa shape index (κ2) is 15.8. The van der Waals surface area contributed by atoms with Crippen molar-refractivity contribution in [2.24, 2.45) is 0 Å². The Balaban J connectivity index is 1.04. The van der Waals surface area contributed by atoms with Crippen molar-refractivity contribution in [1.82, 2.24) is 0 Å². The first-order valence-corrected chi connectivity index (χ1v) is 23.1. The van der Waals surface area contributed by atoms with Gasteiger partial charge in [0, 0.05) is 33.2 Å². The van der Waals surface area contributed by atoms with E-state index in [4.69, 9.17) is 4.42 Å². The summed E-state index contributed by atoms with van der Waals surface area (Å²) in [5, 5.41) is 4.49. The van der Waals surface area contributed by atoms with Gasteiger partial charge in [-0.05, 0) is 121 Å². The summed E-state index contributed by atoms with van der Waals surface area (Å²) < 4.78 is 6.77. The van der Waals surface area contributed by atoms with Crippen LogP contribution in [0.3, 0.4) is 0 Å². The lowest BCUT2D eigenvalue weighted by atomic mass is 9.67. The first kappa shape index (κ1) is 38.7. The Morgan fingerprint density at radius 3 is 1.57 bits per heavy atom. The highest BCUT2D eigenvalue weighted by Crippen LogP contribution is 2.57. The second-order valence-electron chi connectivity index (χ2n) is 17.5. The first-order valence-electron chi connectivity index (χ1n) is 23.1. The number of hydrogen-bond donors (Lipinski definition) is 0. The van der Waals surface area contributed by atoms with Gasteiger partial charge in [-0.25, -0.2) is 0 Å². The second-order valence-corrected chi connectivity index (χ2v) is 17.5. The van der Waals surface area contributed by atoms with Gasteiger partial charge in [0.2, 0.25) is 0 Å². The van der Waals surface area contributed by atoms with Crippen LogP contribution < -0.4 is 4.90 Å². The Morgan fingerprint density at radius 1 is 0.299 bits per heavy atom. The quantitative estimate of drug-likeness (QED) is 0.151. The van der Waals surface area contributed by atoms with Crippen molar-refractivity contribution in [2.45, 2.75) is 5.41 Å². The summed E-state index contributed by atoms with van der Waals surface area (Å²) in [7, 11) is 0. The van der Waals surface area contributed by atoms with Gasteiger partial charge in [-0.1, -0.05) is 212 Å². The van der Waals surface area contributed by atoms with E-state index >= 15 is 0 Å². The fourth-order valence-corrected chi connectivity index (χ4v) is 11.0. The van der Waals surface area contributed by atoms with Crippen molar-refractivity contribution in [3.8, 4) is 44.5 Å². The van der Waals surface area contributed by atoms with Gasteiger partial charge in [0.15, 0.2) is 0 Å². The molecule has 67 heavy (non-hydrogen) atoms. The van der Waals surface area contributed by atoms with Crippen LogP contribution in [0.4, 0.5) is 17.1 Å². The maximum Gasteiger partial charge on any atom is 0.143 e. The zero-order valence-electron chi connectivity index (χ0n) is 36.7. The number of rotatable bonds is 8. The van der Waals surface area contributed by atoms with Gasteiger partial charge in [0.1, 0.15) is 11.2 Å². The van der Waals surface area contributed by atoms with Gasteiger partial charge in [0.25, 0.3) is 0 Å². The van der Waals surface area contributed by atoms with Gasteiger partial charge in [-0.3, -0.25) is 0 Å². The highest BCUT2D eigenvalue weighted by atomic mass is 16.3. The molecule has 2 nitrogen and oxygen atoms in total. The third-order valence-electron chi connectivity index (χ3n) is 13.9. The smallest absolute Gasteiger partial charge is 0.143 e. The lowest BCUT2D eigenvalue weighted by Gasteiger charge is -2.35. The zero-order chi connectivity index (χ0) is 44.3. The van der Waals surface area contributed by atoms with E-state index in [1.54, 1.807) is 0 Å². The van der Waals surface area contributed by atoms with E-state index in [1.807, 2.05) is 0 Å². The van der Waals surface area contributed by atoms with Crippen LogP contribution in [0, 0.1) is 0 Å². The summed E-state index contributed by atoms with van der Waals surface area (Å²) in [5.41, 5.74) is 19.1. The van der Waals surface area contributed by atoms with Gasteiger partial charge in [0.05, 0.1) is 5.41 Å². The van der Waals surface area contributed by atoms with Crippen LogP contribution in [0.25, 0.3) is 77.2 Å². The third kappa shape index (κ3) is 6.18. The van der Waals surface area contributed by atoms with Crippen LogP contribution in [0.1, 0.15) is 22.3 Å². The molecule has 0 spiro atoms. The molecule has 1 aliphatic carbocycles. The minimum Gasteiger partial charge on any atom is -0.455 e. The van der Waals surface area contributed by atoms with Crippen molar-refractivity contribution >= 4 is 49.8 Å². The van der Waals surface area contributed by atoms with Crippen LogP contribution in [-0.2, 0) is 5.41 Å². The molecule has 0 saturated carbocycles. The largest absolute Gasteiger partial charge is 0.455 e. The third-order valence-corrected chi connectivity index (χ3v) is 13.9. The van der Waals surface area contributed by atoms with E-state index < -0.39 is 5.41 Å². The Labute approximate surface area is 390 Å². The average molecular weight is 854 g/mol. The van der Waals surface area contributed by atoms with Crippen molar-refractivity contribution in [3.05, 3.63) is 283 Å². The van der Waals surface area contributed by atoms with Crippen LogP contribution in [0.15, 0.2) is 265 Å². The molecular weight excluding hydrogens is 811 g/mol. The van der Waals surface area contributed by atoms with Gasteiger partial charge in [-0.15, -0.1) is 0 Å². The lowest BCUT2D eigenvalue weighted by Crippen LogP contribution is -2.28. The van der Waals surface area contributed by atoms with E-state index in [0.29, 0.717) is 0 Å². The molecule has 2 heteroatoms. The summed E-state index contributed by atoms with van der Waals surface area (Å²) in [6.07, 6.45) is 0. The Kier molecular flexibility index (Phi) is 9.11. The summed E-state index contributed by atoms with van der Waals surface area (Å²) in [4.78, 5) is 2.43. The number of hydrogen-bond acceptors (Lipinski definition) is 2. The molecule has 0 fully saturated rings. The van der Waals surface area contributed by atoms with E-state index in [-0.39, 0.29) is 0 Å². The summed E-state index contributed by atoms with van der Waals surface area (Å²) in [6, 6.07) is 95.0. The van der Waals surface area contributed by atoms with Crippen LogP contribution in [0.2, 0.25) is 0 Å². The minimum absolute atomic E-state index is 0.532. The van der Waals surface area contributed by atoms with Crippen molar-refractivity contribution < 1.29 is 4.42 Å². The Morgan fingerprint density at radius 2 is 0.836 bits per heavy atom. The van der Waals surface area contributed by atoms with Gasteiger partial charge in [-0.2, -0.15) is 0 Å². The van der Waals surface area contributed by atoms with Gasteiger partial charge >= 0.3 is 0 Å². The van der Waals surface area contributed by atoms with Crippen LogP contribution in [-0.4, -0.2) is 0 Å². The van der Waals surface area contributed by atoms with Crippen molar-refractivity contribution in [1.29, 1.82) is 0 Å². The fourth-order valence-electron chi connectivity index (χ4n) is 11.0. The predicted octanol–water partition coefficient (Wildman–Crippen LogP) is 17.6. The highest BCUT2D eigenvalue weighted by Gasteiger charge is 2.46. The molecule has 1 aliphatic rings. The van der Waals surface area contributed by atoms with E-state index in [2.05, 4.69) is 266 Å². The van der Waals surface area contributed by atoms with Crippen molar-refractivity contribution in [2.75, 3.05) is 4.90 Å². The van der Waals surface area contributed by atoms with E-state index in [0.717, 1.165) is 66.5 Å². The molecular formula is C65H43NO. The molecule has 0 aliphatic heterocycles. The number of fused-ring (bicyclic) bond motifs is 8. The highest BCUT2D eigenvalue weighted by molar-refractivity contribution is 6.22. The Hall–Kier alpha value is -8.72. The molecule has 13 rings (SSSR count). The summed E-state index contributed by atoms with van der Waals surface area (Å²) in [6.45, 7) is 0. The number of nitrogens with zero attached hydrogens (tertiary/aromatic N) is 1. The molecule has 0 bridgehead atoms. The fraction of sp³-hybridized carbons (Fsp3) is 0.0154.